The number of hydrogen-bond acceptors (Lipinski definition) is 1. The summed E-state index contributed by atoms with van der Waals surface area (Å²) in [5.41, 5.74) is 6.78. The quantitative estimate of drug-likeness (QED) is 0.662. The van der Waals surface area contributed by atoms with Crippen LogP contribution in [0.2, 0.25) is 0 Å². The van der Waals surface area contributed by atoms with Crippen LogP contribution in [0, 0.1) is 11.2 Å². The maximum Gasteiger partial charge on any atom is 0.128 e. The molecule has 1 nitrogen and oxygen atoms in total. The maximum absolute atomic E-state index is 13.3. The van der Waals surface area contributed by atoms with Gasteiger partial charge in [0.2, 0.25) is 0 Å². The Kier molecular flexibility index (Phi) is 2.60. The minimum absolute atomic E-state index is 0.108. The zero-order chi connectivity index (χ0) is 10.1. The molecule has 1 aromatic rings. The molecule has 1 rings (SSSR count). The Labute approximate surface area is 78.8 Å². The summed E-state index contributed by atoms with van der Waals surface area (Å²) >= 11 is 0. The van der Waals surface area contributed by atoms with Gasteiger partial charge in [0.15, 0.2) is 0 Å². The lowest BCUT2D eigenvalue weighted by atomic mass is 9.88. The number of halogens is 1. The first kappa shape index (κ1) is 10.0. The smallest absolute Gasteiger partial charge is 0.128 e. The van der Waals surface area contributed by atoms with Gasteiger partial charge in [0.1, 0.15) is 5.82 Å². The second-order valence-electron chi connectivity index (χ2n) is 4.59. The molecule has 0 heterocycles. The van der Waals surface area contributed by atoms with Crippen LogP contribution in [0.15, 0.2) is 18.2 Å². The van der Waals surface area contributed by atoms with Gasteiger partial charge in [-0.3, -0.25) is 0 Å². The van der Waals surface area contributed by atoms with E-state index >= 15 is 0 Å². The standard InChI is InChI=1S/C11H16FN/c1-11(2,3)7-8-4-5-9(13)6-10(8)12/h4-6H,7,13H2,1-3H3. The van der Waals surface area contributed by atoms with E-state index in [1.807, 2.05) is 0 Å². The molecule has 1 aromatic carbocycles. The Morgan fingerprint density at radius 3 is 2.38 bits per heavy atom. The Morgan fingerprint density at radius 1 is 1.31 bits per heavy atom. The first-order chi connectivity index (χ1) is 5.88. The van der Waals surface area contributed by atoms with Crippen molar-refractivity contribution in [3.63, 3.8) is 0 Å². The van der Waals surface area contributed by atoms with Crippen molar-refractivity contribution in [3.8, 4) is 0 Å². The van der Waals surface area contributed by atoms with Crippen LogP contribution in [0.3, 0.4) is 0 Å². The predicted octanol–water partition coefficient (Wildman–Crippen LogP) is 3.00. The van der Waals surface area contributed by atoms with Gasteiger partial charge < -0.3 is 5.73 Å². The molecule has 0 saturated carbocycles. The summed E-state index contributed by atoms with van der Waals surface area (Å²) in [5.74, 6) is -0.199. The first-order valence-corrected chi connectivity index (χ1v) is 4.42. The molecule has 72 valence electrons. The Hall–Kier alpha value is -1.05. The molecule has 0 unspecified atom stereocenters. The highest BCUT2D eigenvalue weighted by atomic mass is 19.1. The number of nitrogens with two attached hydrogens (primary N) is 1. The average Bonchev–Trinajstić information content (AvgIpc) is 1.93. The Balaban J connectivity index is 2.90. The number of hydrogen-bond donors (Lipinski definition) is 1. The fourth-order valence-corrected chi connectivity index (χ4v) is 1.28. The molecular weight excluding hydrogens is 165 g/mol. The molecule has 0 radical (unpaired) electrons. The minimum Gasteiger partial charge on any atom is -0.399 e. The molecule has 0 fully saturated rings. The summed E-state index contributed by atoms with van der Waals surface area (Å²) in [6, 6.07) is 4.88. The highest BCUT2D eigenvalue weighted by molar-refractivity contribution is 5.40. The van der Waals surface area contributed by atoms with Crippen molar-refractivity contribution >= 4 is 5.69 Å². The summed E-state index contributed by atoms with van der Waals surface area (Å²) < 4.78 is 13.3. The highest BCUT2D eigenvalue weighted by Crippen LogP contribution is 2.23. The van der Waals surface area contributed by atoms with Gasteiger partial charge in [0, 0.05) is 5.69 Å². The van der Waals surface area contributed by atoms with E-state index in [0.29, 0.717) is 5.69 Å². The van der Waals surface area contributed by atoms with Crippen LogP contribution in [0.25, 0.3) is 0 Å². The number of nitrogen functional groups attached to an aromatic ring is 1. The monoisotopic (exact) mass is 181 g/mol. The van der Waals surface area contributed by atoms with Gasteiger partial charge in [0.05, 0.1) is 0 Å². The van der Waals surface area contributed by atoms with Crippen LogP contribution in [0.4, 0.5) is 10.1 Å². The fourth-order valence-electron chi connectivity index (χ4n) is 1.28. The third kappa shape index (κ3) is 3.05. The summed E-state index contributed by atoms with van der Waals surface area (Å²) in [6.07, 6.45) is 0.735. The number of benzene rings is 1. The van der Waals surface area contributed by atoms with Crippen LogP contribution in [0.5, 0.6) is 0 Å². The maximum atomic E-state index is 13.3. The third-order valence-electron chi connectivity index (χ3n) is 1.80. The number of rotatable bonds is 1. The van der Waals surface area contributed by atoms with Crippen LogP contribution < -0.4 is 5.73 Å². The van der Waals surface area contributed by atoms with Gasteiger partial charge in [-0.2, -0.15) is 0 Å². The van der Waals surface area contributed by atoms with Crippen LogP contribution in [-0.4, -0.2) is 0 Å². The zero-order valence-corrected chi connectivity index (χ0v) is 8.39. The van der Waals surface area contributed by atoms with E-state index in [-0.39, 0.29) is 11.2 Å². The molecule has 13 heavy (non-hydrogen) atoms. The average molecular weight is 181 g/mol. The molecule has 0 aliphatic carbocycles. The van der Waals surface area contributed by atoms with Gasteiger partial charge in [0.25, 0.3) is 0 Å². The third-order valence-corrected chi connectivity index (χ3v) is 1.80. The molecule has 0 spiro atoms. The summed E-state index contributed by atoms with van der Waals surface area (Å²) in [5, 5.41) is 0. The van der Waals surface area contributed by atoms with Crippen LogP contribution in [-0.2, 0) is 6.42 Å². The molecule has 0 saturated heterocycles. The van der Waals surface area contributed by atoms with Crippen molar-refractivity contribution in [2.45, 2.75) is 27.2 Å². The van der Waals surface area contributed by atoms with Gasteiger partial charge in [-0.1, -0.05) is 26.8 Å². The molecule has 2 N–H and O–H groups in total. The Bertz CT molecular complexity index is 299. The molecule has 0 aromatic heterocycles. The topological polar surface area (TPSA) is 26.0 Å². The Morgan fingerprint density at radius 2 is 1.92 bits per heavy atom. The zero-order valence-electron chi connectivity index (χ0n) is 8.39. The van der Waals surface area contributed by atoms with Crippen molar-refractivity contribution in [3.05, 3.63) is 29.6 Å². The number of anilines is 1. The summed E-state index contributed by atoms with van der Waals surface area (Å²) in [7, 11) is 0. The molecule has 0 atom stereocenters. The lowest BCUT2D eigenvalue weighted by Crippen LogP contribution is -2.10. The van der Waals surface area contributed by atoms with Gasteiger partial charge in [-0.05, 0) is 29.5 Å². The van der Waals surface area contributed by atoms with E-state index in [2.05, 4.69) is 20.8 Å². The SMILES string of the molecule is CC(C)(C)Cc1ccc(N)cc1F. The van der Waals surface area contributed by atoms with Crippen LogP contribution >= 0.6 is 0 Å². The molecule has 0 amide bonds. The van der Waals surface area contributed by atoms with Crippen molar-refractivity contribution in [2.75, 3.05) is 5.73 Å². The van der Waals surface area contributed by atoms with Crippen molar-refractivity contribution in [1.82, 2.24) is 0 Å². The van der Waals surface area contributed by atoms with E-state index in [0.717, 1.165) is 12.0 Å². The van der Waals surface area contributed by atoms with Gasteiger partial charge in [-0.15, -0.1) is 0 Å². The van der Waals surface area contributed by atoms with E-state index in [4.69, 9.17) is 5.73 Å². The van der Waals surface area contributed by atoms with E-state index < -0.39 is 0 Å². The van der Waals surface area contributed by atoms with Crippen molar-refractivity contribution in [1.29, 1.82) is 0 Å². The van der Waals surface area contributed by atoms with Crippen LogP contribution in [0.1, 0.15) is 26.3 Å². The molecule has 2 heteroatoms. The second kappa shape index (κ2) is 3.36. The summed E-state index contributed by atoms with van der Waals surface area (Å²) in [4.78, 5) is 0. The van der Waals surface area contributed by atoms with E-state index in [1.165, 1.54) is 6.07 Å². The molecular formula is C11H16FN. The lowest BCUT2D eigenvalue weighted by molar-refractivity contribution is 0.402. The second-order valence-corrected chi connectivity index (χ2v) is 4.59. The molecule has 0 bridgehead atoms. The van der Waals surface area contributed by atoms with E-state index in [1.54, 1.807) is 12.1 Å². The predicted molar refractivity (Wildman–Crippen MR) is 54.0 cm³/mol. The van der Waals surface area contributed by atoms with Crippen molar-refractivity contribution < 1.29 is 4.39 Å². The minimum atomic E-state index is -0.199. The highest BCUT2D eigenvalue weighted by Gasteiger charge is 2.13. The first-order valence-electron chi connectivity index (χ1n) is 4.42. The summed E-state index contributed by atoms with van der Waals surface area (Å²) in [6.45, 7) is 6.26. The van der Waals surface area contributed by atoms with Crippen molar-refractivity contribution in [2.24, 2.45) is 5.41 Å². The molecule has 0 aliphatic rings. The lowest BCUT2D eigenvalue weighted by Gasteiger charge is -2.18. The van der Waals surface area contributed by atoms with E-state index in [9.17, 15) is 4.39 Å². The molecule has 0 aliphatic heterocycles. The normalized spacial score (nSPS) is 11.7. The fraction of sp³-hybridized carbons (Fsp3) is 0.455. The van der Waals surface area contributed by atoms with Gasteiger partial charge in [-0.25, -0.2) is 4.39 Å². The van der Waals surface area contributed by atoms with Gasteiger partial charge >= 0.3 is 0 Å². The largest absolute Gasteiger partial charge is 0.399 e.